The third-order valence-electron chi connectivity index (χ3n) is 2.82. The van der Waals surface area contributed by atoms with E-state index in [9.17, 15) is 0 Å². The Kier molecular flexibility index (Phi) is 3.63. The Balaban J connectivity index is 1.67. The molecule has 2 rings (SSSR count). The van der Waals surface area contributed by atoms with E-state index in [-0.39, 0.29) is 0 Å². The third kappa shape index (κ3) is 3.07. The third-order valence-corrected chi connectivity index (χ3v) is 4.44. The van der Waals surface area contributed by atoms with E-state index in [1.807, 2.05) is 11.3 Å². The van der Waals surface area contributed by atoms with Crippen molar-refractivity contribution in [2.75, 3.05) is 6.54 Å². The molecule has 1 saturated carbocycles. The quantitative estimate of drug-likeness (QED) is 0.864. The van der Waals surface area contributed by atoms with Crippen molar-refractivity contribution >= 4 is 27.3 Å². The highest BCUT2D eigenvalue weighted by Gasteiger charge is 2.27. The number of halogens is 1. The van der Waals surface area contributed by atoms with Gasteiger partial charge in [-0.2, -0.15) is 0 Å². The van der Waals surface area contributed by atoms with Crippen LogP contribution in [0, 0.1) is 11.8 Å². The van der Waals surface area contributed by atoms with Crippen LogP contribution in [0.5, 0.6) is 0 Å². The molecule has 1 N–H and O–H groups in total. The molecule has 3 heteroatoms. The van der Waals surface area contributed by atoms with E-state index in [1.165, 1.54) is 28.0 Å². The van der Waals surface area contributed by atoms with Gasteiger partial charge in [-0.05, 0) is 59.3 Å². The molecule has 1 nitrogen and oxygen atoms in total. The molecule has 1 aliphatic carbocycles. The van der Waals surface area contributed by atoms with Gasteiger partial charge in [-0.25, -0.2) is 0 Å². The monoisotopic (exact) mass is 273 g/mol. The Morgan fingerprint density at radius 1 is 1.57 bits per heavy atom. The van der Waals surface area contributed by atoms with Crippen LogP contribution >= 0.6 is 27.3 Å². The summed E-state index contributed by atoms with van der Waals surface area (Å²) in [5.74, 6) is 1.87. The van der Waals surface area contributed by atoms with Crippen molar-refractivity contribution in [1.29, 1.82) is 0 Å². The van der Waals surface area contributed by atoms with E-state index >= 15 is 0 Å². The normalized spacial score (nSPS) is 18.4. The molecule has 78 valence electrons. The van der Waals surface area contributed by atoms with Crippen molar-refractivity contribution in [3.63, 3.8) is 0 Å². The fraction of sp³-hybridized carbons (Fsp3) is 0.636. The first-order chi connectivity index (χ1) is 6.75. The lowest BCUT2D eigenvalue weighted by Gasteiger charge is -2.10. The molecule has 1 atom stereocenters. The summed E-state index contributed by atoms with van der Waals surface area (Å²) in [7, 11) is 0. The van der Waals surface area contributed by atoms with Crippen molar-refractivity contribution in [1.82, 2.24) is 5.32 Å². The maximum Gasteiger partial charge on any atom is 0.0701 e. The van der Waals surface area contributed by atoms with Gasteiger partial charge in [0.05, 0.1) is 3.79 Å². The molecular formula is C11H16BrNS. The van der Waals surface area contributed by atoms with Gasteiger partial charge in [0.25, 0.3) is 0 Å². The zero-order valence-corrected chi connectivity index (χ0v) is 10.8. The van der Waals surface area contributed by atoms with Crippen molar-refractivity contribution < 1.29 is 0 Å². The minimum atomic E-state index is 0.860. The lowest BCUT2D eigenvalue weighted by Crippen LogP contribution is -2.21. The lowest BCUT2D eigenvalue weighted by atomic mass is 10.1. The van der Waals surface area contributed by atoms with Crippen molar-refractivity contribution in [3.8, 4) is 0 Å². The van der Waals surface area contributed by atoms with E-state index in [1.54, 1.807) is 0 Å². The second kappa shape index (κ2) is 4.77. The summed E-state index contributed by atoms with van der Waals surface area (Å²) in [6.07, 6.45) is 2.90. The Labute approximate surface area is 98.0 Å². The summed E-state index contributed by atoms with van der Waals surface area (Å²) < 4.78 is 1.23. The van der Waals surface area contributed by atoms with E-state index < -0.39 is 0 Å². The Morgan fingerprint density at radius 3 is 2.93 bits per heavy atom. The molecule has 0 spiro atoms. The fourth-order valence-electron chi connectivity index (χ4n) is 1.70. The summed E-state index contributed by atoms with van der Waals surface area (Å²) in [4.78, 5) is 1.42. The van der Waals surface area contributed by atoms with E-state index in [0.717, 1.165) is 18.4 Å². The van der Waals surface area contributed by atoms with Gasteiger partial charge >= 0.3 is 0 Å². The second-order valence-corrected chi connectivity index (χ2v) is 6.70. The Bertz CT molecular complexity index is 293. The zero-order valence-electron chi connectivity index (χ0n) is 8.42. The standard InChI is InChI=1S/C11H16BrNS/c1-8(9-2-3-9)6-13-7-10-4-5-11(12)14-10/h4-5,8-9,13H,2-3,6-7H2,1H3. The van der Waals surface area contributed by atoms with Gasteiger partial charge in [-0.15, -0.1) is 11.3 Å². The highest BCUT2D eigenvalue weighted by Crippen LogP contribution is 2.36. The number of rotatable bonds is 5. The first-order valence-corrected chi connectivity index (χ1v) is 6.81. The van der Waals surface area contributed by atoms with Gasteiger partial charge in [0, 0.05) is 11.4 Å². The first-order valence-electron chi connectivity index (χ1n) is 5.20. The fourth-order valence-corrected chi connectivity index (χ4v) is 3.15. The highest BCUT2D eigenvalue weighted by molar-refractivity contribution is 9.11. The molecule has 0 radical (unpaired) electrons. The first kappa shape index (κ1) is 10.7. The van der Waals surface area contributed by atoms with Crippen molar-refractivity contribution in [2.45, 2.75) is 26.3 Å². The smallest absolute Gasteiger partial charge is 0.0701 e. The molecule has 1 fully saturated rings. The SMILES string of the molecule is CC(CNCc1ccc(Br)s1)C1CC1. The van der Waals surface area contributed by atoms with Crippen LogP contribution in [0.4, 0.5) is 0 Å². The second-order valence-electron chi connectivity index (χ2n) is 4.15. The van der Waals surface area contributed by atoms with E-state index in [2.05, 4.69) is 40.3 Å². The Morgan fingerprint density at radius 2 is 2.36 bits per heavy atom. The van der Waals surface area contributed by atoms with Crippen molar-refractivity contribution in [2.24, 2.45) is 11.8 Å². The summed E-state index contributed by atoms with van der Waals surface area (Å²) in [6, 6.07) is 4.30. The molecule has 14 heavy (non-hydrogen) atoms. The van der Waals surface area contributed by atoms with E-state index in [4.69, 9.17) is 0 Å². The largest absolute Gasteiger partial charge is 0.312 e. The molecule has 1 aromatic heterocycles. The molecule has 0 saturated heterocycles. The predicted octanol–water partition coefficient (Wildman–Crippen LogP) is 3.65. The Hall–Kier alpha value is 0.140. The summed E-state index contributed by atoms with van der Waals surface area (Å²) in [5, 5.41) is 3.53. The molecule has 0 amide bonds. The summed E-state index contributed by atoms with van der Waals surface area (Å²) in [6.45, 7) is 4.54. The topological polar surface area (TPSA) is 12.0 Å². The lowest BCUT2D eigenvalue weighted by molar-refractivity contribution is 0.463. The molecule has 0 aliphatic heterocycles. The summed E-state index contributed by atoms with van der Waals surface area (Å²) >= 11 is 5.29. The van der Waals surface area contributed by atoms with Crippen LogP contribution in [-0.4, -0.2) is 6.54 Å². The van der Waals surface area contributed by atoms with Crippen LogP contribution in [-0.2, 0) is 6.54 Å². The number of hydrogen-bond acceptors (Lipinski definition) is 2. The predicted molar refractivity (Wildman–Crippen MR) is 65.6 cm³/mol. The molecule has 1 aliphatic rings. The molecular weight excluding hydrogens is 258 g/mol. The minimum Gasteiger partial charge on any atom is -0.312 e. The van der Waals surface area contributed by atoms with Gasteiger partial charge in [-0.1, -0.05) is 6.92 Å². The van der Waals surface area contributed by atoms with Gasteiger partial charge in [0.2, 0.25) is 0 Å². The van der Waals surface area contributed by atoms with Crippen LogP contribution in [0.2, 0.25) is 0 Å². The van der Waals surface area contributed by atoms with Crippen molar-refractivity contribution in [3.05, 3.63) is 20.8 Å². The average Bonchev–Trinajstić information content (AvgIpc) is 2.92. The van der Waals surface area contributed by atoms with Gasteiger partial charge in [0.15, 0.2) is 0 Å². The minimum absolute atomic E-state index is 0.860. The zero-order chi connectivity index (χ0) is 9.97. The number of hydrogen-bond donors (Lipinski definition) is 1. The van der Waals surface area contributed by atoms with Crippen LogP contribution in [0.1, 0.15) is 24.6 Å². The van der Waals surface area contributed by atoms with Crippen LogP contribution in [0.3, 0.4) is 0 Å². The molecule has 0 bridgehead atoms. The van der Waals surface area contributed by atoms with Crippen LogP contribution in [0.25, 0.3) is 0 Å². The molecule has 1 unspecified atom stereocenters. The highest BCUT2D eigenvalue weighted by atomic mass is 79.9. The van der Waals surface area contributed by atoms with Gasteiger partial charge in [0.1, 0.15) is 0 Å². The number of thiophene rings is 1. The molecule has 1 heterocycles. The van der Waals surface area contributed by atoms with Gasteiger partial charge < -0.3 is 5.32 Å². The van der Waals surface area contributed by atoms with E-state index in [0.29, 0.717) is 0 Å². The maximum absolute atomic E-state index is 3.53. The van der Waals surface area contributed by atoms with Crippen LogP contribution < -0.4 is 5.32 Å². The molecule has 1 aromatic rings. The van der Waals surface area contributed by atoms with Crippen LogP contribution in [0.15, 0.2) is 15.9 Å². The summed E-state index contributed by atoms with van der Waals surface area (Å²) in [5.41, 5.74) is 0. The number of nitrogens with one attached hydrogen (secondary N) is 1. The molecule has 0 aromatic carbocycles. The average molecular weight is 274 g/mol. The maximum atomic E-state index is 3.53. The van der Waals surface area contributed by atoms with Gasteiger partial charge in [-0.3, -0.25) is 0 Å².